The molecular weight excluding hydrogens is 358 g/mol. The summed E-state index contributed by atoms with van der Waals surface area (Å²) in [6.45, 7) is 3.15. The molecule has 0 saturated carbocycles. The van der Waals surface area contributed by atoms with E-state index >= 15 is 0 Å². The van der Waals surface area contributed by atoms with Gasteiger partial charge in [-0.2, -0.15) is 0 Å². The smallest absolute Gasteiger partial charge is 0.293 e. The number of hydrogen-bond acceptors (Lipinski definition) is 6. The van der Waals surface area contributed by atoms with Crippen molar-refractivity contribution in [2.75, 3.05) is 11.9 Å². The minimum atomic E-state index is -0.321. The molecular formula is C17H15N3O3S2. The van der Waals surface area contributed by atoms with Crippen molar-refractivity contribution in [2.24, 2.45) is 0 Å². The second kappa shape index (κ2) is 6.45. The average Bonchev–Trinajstić information content (AvgIpc) is 3.33. The third kappa shape index (κ3) is 3.22. The predicted octanol–water partition coefficient (Wildman–Crippen LogP) is 3.56. The lowest BCUT2D eigenvalue weighted by Gasteiger charge is -2.25. The Morgan fingerprint density at radius 1 is 1.40 bits per heavy atom. The molecule has 1 aliphatic heterocycles. The Labute approximate surface area is 152 Å². The normalized spacial score (nSPS) is 13.6. The molecule has 2 amide bonds. The van der Waals surface area contributed by atoms with Crippen LogP contribution in [0, 0.1) is 6.92 Å². The van der Waals surface area contributed by atoms with Crippen LogP contribution in [-0.2, 0) is 13.0 Å². The van der Waals surface area contributed by atoms with Gasteiger partial charge in [-0.05, 0) is 36.1 Å². The Kier molecular flexibility index (Phi) is 4.14. The van der Waals surface area contributed by atoms with Gasteiger partial charge in [0.25, 0.3) is 11.8 Å². The minimum absolute atomic E-state index is 0.0540. The molecule has 0 radical (unpaired) electrons. The predicted molar refractivity (Wildman–Crippen MR) is 96.3 cm³/mol. The van der Waals surface area contributed by atoms with Crippen LogP contribution in [0.2, 0.25) is 0 Å². The van der Waals surface area contributed by atoms with Crippen molar-refractivity contribution in [3.8, 4) is 0 Å². The summed E-state index contributed by atoms with van der Waals surface area (Å²) in [6.07, 6.45) is 2.15. The molecule has 0 bridgehead atoms. The van der Waals surface area contributed by atoms with Gasteiger partial charge in [0.15, 0.2) is 10.9 Å². The Morgan fingerprint density at radius 2 is 2.28 bits per heavy atom. The van der Waals surface area contributed by atoms with E-state index in [0.717, 1.165) is 21.0 Å². The van der Waals surface area contributed by atoms with Gasteiger partial charge in [-0.25, -0.2) is 4.98 Å². The number of nitrogens with zero attached hydrogens (tertiary/aromatic N) is 2. The van der Waals surface area contributed by atoms with E-state index < -0.39 is 0 Å². The lowest BCUT2D eigenvalue weighted by atomic mass is 10.1. The first-order valence-electron chi connectivity index (χ1n) is 7.78. The molecule has 0 spiro atoms. The molecule has 0 atom stereocenters. The molecule has 0 unspecified atom stereocenters. The van der Waals surface area contributed by atoms with Crippen LogP contribution in [0.15, 0.2) is 34.3 Å². The number of carbonyl (C=O) groups is 2. The zero-order chi connectivity index (χ0) is 17.4. The van der Waals surface area contributed by atoms with Gasteiger partial charge < -0.3 is 9.32 Å². The van der Waals surface area contributed by atoms with Gasteiger partial charge in [0.1, 0.15) is 0 Å². The van der Waals surface area contributed by atoms with E-state index in [1.54, 1.807) is 12.1 Å². The molecule has 4 rings (SSSR count). The Hall–Kier alpha value is -2.45. The van der Waals surface area contributed by atoms with Crippen LogP contribution in [0.25, 0.3) is 0 Å². The largest absolute Gasteiger partial charge is 0.459 e. The molecule has 4 heterocycles. The quantitative estimate of drug-likeness (QED) is 0.762. The van der Waals surface area contributed by atoms with Gasteiger partial charge in [-0.1, -0.05) is 11.3 Å². The standard InChI is InChI=1S/C17H15N3O3S2/c1-10-7-13(24-9-10)16(22)20-5-4-11-14(8-20)25-17(18-11)19-15(21)12-3-2-6-23-12/h2-3,6-7,9H,4-5,8H2,1H3,(H,18,19,21). The Balaban J connectivity index is 1.47. The summed E-state index contributed by atoms with van der Waals surface area (Å²) < 4.78 is 5.08. The van der Waals surface area contributed by atoms with E-state index in [0.29, 0.717) is 24.6 Å². The number of amides is 2. The second-order valence-electron chi connectivity index (χ2n) is 5.79. The molecule has 6 nitrogen and oxygen atoms in total. The van der Waals surface area contributed by atoms with E-state index in [9.17, 15) is 9.59 Å². The third-order valence-electron chi connectivity index (χ3n) is 3.93. The summed E-state index contributed by atoms with van der Waals surface area (Å²) >= 11 is 2.88. The molecule has 128 valence electrons. The molecule has 0 saturated heterocycles. The van der Waals surface area contributed by atoms with Crippen molar-refractivity contribution in [1.29, 1.82) is 0 Å². The number of thiophene rings is 1. The van der Waals surface area contributed by atoms with E-state index in [-0.39, 0.29) is 17.6 Å². The number of nitrogens with one attached hydrogen (secondary N) is 1. The van der Waals surface area contributed by atoms with Crippen LogP contribution in [-0.4, -0.2) is 28.2 Å². The van der Waals surface area contributed by atoms with Crippen molar-refractivity contribution in [3.63, 3.8) is 0 Å². The van der Waals surface area contributed by atoms with Crippen LogP contribution in [0.4, 0.5) is 5.13 Å². The number of anilines is 1. The highest BCUT2D eigenvalue weighted by Gasteiger charge is 2.26. The molecule has 3 aromatic heterocycles. The summed E-state index contributed by atoms with van der Waals surface area (Å²) in [4.78, 5) is 32.7. The van der Waals surface area contributed by atoms with Crippen molar-refractivity contribution in [3.05, 3.63) is 56.6 Å². The van der Waals surface area contributed by atoms with Gasteiger partial charge in [0.05, 0.1) is 23.4 Å². The molecule has 1 N–H and O–H groups in total. The highest BCUT2D eigenvalue weighted by Crippen LogP contribution is 2.30. The number of aromatic nitrogens is 1. The zero-order valence-electron chi connectivity index (χ0n) is 13.4. The zero-order valence-corrected chi connectivity index (χ0v) is 15.1. The lowest BCUT2D eigenvalue weighted by Crippen LogP contribution is -2.35. The topological polar surface area (TPSA) is 75.4 Å². The lowest BCUT2D eigenvalue weighted by molar-refractivity contribution is 0.0741. The molecule has 0 fully saturated rings. The van der Waals surface area contributed by atoms with Gasteiger partial charge in [0, 0.05) is 17.8 Å². The summed E-state index contributed by atoms with van der Waals surface area (Å²) in [5.74, 6) is -0.0190. The number of rotatable bonds is 3. The van der Waals surface area contributed by atoms with Crippen molar-refractivity contribution >= 4 is 39.6 Å². The molecule has 0 aromatic carbocycles. The first-order chi connectivity index (χ1) is 12.1. The van der Waals surface area contributed by atoms with Crippen LogP contribution >= 0.6 is 22.7 Å². The SMILES string of the molecule is Cc1csc(C(=O)N2CCc3nc(NC(=O)c4ccco4)sc3C2)c1. The van der Waals surface area contributed by atoms with Crippen LogP contribution in [0.3, 0.4) is 0 Å². The maximum Gasteiger partial charge on any atom is 0.293 e. The summed E-state index contributed by atoms with van der Waals surface area (Å²) in [7, 11) is 0. The molecule has 3 aromatic rings. The summed E-state index contributed by atoms with van der Waals surface area (Å²) in [5, 5.41) is 5.27. The van der Waals surface area contributed by atoms with Crippen LogP contribution < -0.4 is 5.32 Å². The molecule has 0 aliphatic carbocycles. The van der Waals surface area contributed by atoms with Crippen LogP contribution in [0.5, 0.6) is 0 Å². The fraction of sp³-hybridized carbons (Fsp3) is 0.235. The van der Waals surface area contributed by atoms with Crippen molar-refractivity contribution in [2.45, 2.75) is 19.9 Å². The van der Waals surface area contributed by atoms with Crippen molar-refractivity contribution in [1.82, 2.24) is 9.88 Å². The number of thiazole rings is 1. The highest BCUT2D eigenvalue weighted by atomic mass is 32.1. The monoisotopic (exact) mass is 373 g/mol. The summed E-state index contributed by atoms with van der Waals surface area (Å²) in [5.41, 5.74) is 2.05. The van der Waals surface area contributed by atoms with Gasteiger partial charge >= 0.3 is 0 Å². The third-order valence-corrected chi connectivity index (χ3v) is 5.96. The van der Waals surface area contributed by atoms with E-state index in [2.05, 4.69) is 10.3 Å². The molecule has 1 aliphatic rings. The number of hydrogen-bond donors (Lipinski definition) is 1. The second-order valence-corrected chi connectivity index (χ2v) is 7.78. The number of carbonyl (C=O) groups excluding carboxylic acids is 2. The van der Waals surface area contributed by atoms with Crippen LogP contribution in [0.1, 0.15) is 36.4 Å². The highest BCUT2D eigenvalue weighted by molar-refractivity contribution is 7.16. The Morgan fingerprint density at radius 3 is 3.00 bits per heavy atom. The first kappa shape index (κ1) is 16.0. The number of aryl methyl sites for hydroxylation is 1. The first-order valence-corrected chi connectivity index (χ1v) is 9.47. The number of furan rings is 1. The average molecular weight is 373 g/mol. The van der Waals surface area contributed by atoms with Gasteiger partial charge in [0.2, 0.25) is 0 Å². The fourth-order valence-electron chi connectivity index (χ4n) is 2.69. The van der Waals surface area contributed by atoms with Gasteiger partial charge in [-0.3, -0.25) is 14.9 Å². The van der Waals surface area contributed by atoms with Gasteiger partial charge in [-0.15, -0.1) is 11.3 Å². The van der Waals surface area contributed by atoms with Crippen molar-refractivity contribution < 1.29 is 14.0 Å². The summed E-state index contributed by atoms with van der Waals surface area (Å²) in [6, 6.07) is 5.19. The van der Waals surface area contributed by atoms with E-state index in [1.807, 2.05) is 23.3 Å². The molecule has 25 heavy (non-hydrogen) atoms. The fourth-order valence-corrected chi connectivity index (χ4v) is 4.57. The van der Waals surface area contributed by atoms with E-state index in [4.69, 9.17) is 4.42 Å². The maximum absolute atomic E-state index is 12.6. The Bertz CT molecular complexity index is 927. The number of fused-ring (bicyclic) bond motifs is 1. The minimum Gasteiger partial charge on any atom is -0.459 e. The van der Waals surface area contributed by atoms with E-state index in [1.165, 1.54) is 28.9 Å². The maximum atomic E-state index is 12.6. The molecule has 8 heteroatoms.